The average Bonchev–Trinajstić information content (AvgIpc) is 2.54. The second-order valence-corrected chi connectivity index (χ2v) is 5.31. The van der Waals surface area contributed by atoms with E-state index >= 15 is 0 Å². The standard InChI is InChI=1S/C17H19N3O.ClH/c18-11-12-6-8-13(9-7-12)17(21)20-10-2-3-14-15(19)4-1-5-16(14)20;/h1,4-9H,2-3,10-11,18-19H2;1H. The van der Waals surface area contributed by atoms with Crippen LogP contribution < -0.4 is 16.4 Å². The first-order valence-corrected chi connectivity index (χ1v) is 7.19. The van der Waals surface area contributed by atoms with Gasteiger partial charge in [-0.25, -0.2) is 0 Å². The number of benzene rings is 2. The lowest BCUT2D eigenvalue weighted by atomic mass is 9.99. The number of carbonyl (C=O) groups excluding carboxylic acids is 1. The monoisotopic (exact) mass is 317 g/mol. The second kappa shape index (κ2) is 6.81. The van der Waals surface area contributed by atoms with E-state index in [1.807, 2.05) is 47.4 Å². The molecule has 0 radical (unpaired) electrons. The van der Waals surface area contributed by atoms with Crippen LogP contribution in [0.4, 0.5) is 11.4 Å². The van der Waals surface area contributed by atoms with Crippen LogP contribution in [0.2, 0.25) is 0 Å². The van der Waals surface area contributed by atoms with Gasteiger partial charge in [-0.05, 0) is 48.2 Å². The minimum atomic E-state index is 0. The van der Waals surface area contributed by atoms with Crippen molar-refractivity contribution in [3.8, 4) is 0 Å². The third-order valence-corrected chi connectivity index (χ3v) is 3.97. The van der Waals surface area contributed by atoms with Gasteiger partial charge in [0.25, 0.3) is 5.91 Å². The Balaban J connectivity index is 0.00000176. The Morgan fingerprint density at radius 2 is 1.86 bits per heavy atom. The van der Waals surface area contributed by atoms with Crippen LogP contribution in [0.1, 0.15) is 27.9 Å². The molecule has 3 rings (SSSR count). The number of nitrogens with two attached hydrogens (primary N) is 2. The predicted octanol–water partition coefficient (Wildman–Crippen LogP) is 2.74. The Morgan fingerprint density at radius 3 is 2.55 bits per heavy atom. The Hall–Kier alpha value is -2.04. The topological polar surface area (TPSA) is 72.4 Å². The number of fused-ring (bicyclic) bond motifs is 1. The molecule has 0 bridgehead atoms. The molecule has 4 N–H and O–H groups in total. The highest BCUT2D eigenvalue weighted by Crippen LogP contribution is 2.32. The Morgan fingerprint density at radius 1 is 1.14 bits per heavy atom. The molecular formula is C17H20ClN3O. The van der Waals surface area contributed by atoms with Gasteiger partial charge in [-0.1, -0.05) is 18.2 Å². The molecule has 1 amide bonds. The lowest BCUT2D eigenvalue weighted by Gasteiger charge is -2.30. The quantitative estimate of drug-likeness (QED) is 0.837. The fourth-order valence-corrected chi connectivity index (χ4v) is 2.80. The maximum absolute atomic E-state index is 12.7. The number of rotatable bonds is 2. The van der Waals surface area contributed by atoms with Crippen LogP contribution in [0.3, 0.4) is 0 Å². The fourth-order valence-electron chi connectivity index (χ4n) is 2.80. The number of hydrogen-bond acceptors (Lipinski definition) is 3. The summed E-state index contributed by atoms with van der Waals surface area (Å²) in [5.41, 5.74) is 16.1. The SMILES string of the molecule is Cl.NCc1ccc(C(=O)N2CCCc3c(N)cccc32)cc1. The van der Waals surface area contributed by atoms with E-state index < -0.39 is 0 Å². The number of nitrogens with zero attached hydrogens (tertiary/aromatic N) is 1. The Bertz CT molecular complexity index is 670. The van der Waals surface area contributed by atoms with Crippen LogP contribution in [0.5, 0.6) is 0 Å². The molecule has 0 unspecified atom stereocenters. The molecule has 1 aliphatic rings. The van der Waals surface area contributed by atoms with E-state index in [1.165, 1.54) is 0 Å². The Labute approximate surface area is 136 Å². The lowest BCUT2D eigenvalue weighted by Crippen LogP contribution is -2.35. The maximum atomic E-state index is 12.7. The third-order valence-electron chi connectivity index (χ3n) is 3.97. The minimum Gasteiger partial charge on any atom is -0.398 e. The summed E-state index contributed by atoms with van der Waals surface area (Å²) in [5.74, 6) is 0.0186. The number of halogens is 1. The van der Waals surface area contributed by atoms with Crippen molar-refractivity contribution < 1.29 is 4.79 Å². The molecule has 1 aliphatic heterocycles. The zero-order chi connectivity index (χ0) is 14.8. The maximum Gasteiger partial charge on any atom is 0.258 e. The number of amides is 1. The molecule has 116 valence electrons. The van der Waals surface area contributed by atoms with Crippen molar-refractivity contribution in [1.82, 2.24) is 0 Å². The van der Waals surface area contributed by atoms with E-state index in [1.54, 1.807) is 0 Å². The van der Waals surface area contributed by atoms with Crippen LogP contribution >= 0.6 is 12.4 Å². The summed E-state index contributed by atoms with van der Waals surface area (Å²) in [4.78, 5) is 14.6. The number of hydrogen-bond donors (Lipinski definition) is 2. The van der Waals surface area contributed by atoms with Gasteiger partial charge in [-0.2, -0.15) is 0 Å². The molecular weight excluding hydrogens is 298 g/mol. The summed E-state index contributed by atoms with van der Waals surface area (Å²) in [5, 5.41) is 0. The first-order chi connectivity index (χ1) is 10.2. The first-order valence-electron chi connectivity index (χ1n) is 7.19. The number of anilines is 2. The van der Waals surface area contributed by atoms with E-state index in [9.17, 15) is 4.79 Å². The second-order valence-electron chi connectivity index (χ2n) is 5.31. The summed E-state index contributed by atoms with van der Waals surface area (Å²) in [7, 11) is 0. The van der Waals surface area contributed by atoms with Gasteiger partial charge in [0.1, 0.15) is 0 Å². The van der Waals surface area contributed by atoms with Crippen LogP contribution in [-0.4, -0.2) is 12.5 Å². The molecule has 2 aromatic rings. The summed E-state index contributed by atoms with van der Waals surface area (Å²) < 4.78 is 0. The first kappa shape index (κ1) is 16.3. The zero-order valence-electron chi connectivity index (χ0n) is 12.3. The van der Waals surface area contributed by atoms with Gasteiger partial charge in [-0.3, -0.25) is 4.79 Å². The van der Waals surface area contributed by atoms with Crippen LogP contribution in [0.25, 0.3) is 0 Å². The molecule has 0 saturated heterocycles. The van der Waals surface area contributed by atoms with Gasteiger partial charge in [-0.15, -0.1) is 12.4 Å². The van der Waals surface area contributed by atoms with E-state index in [0.717, 1.165) is 41.9 Å². The zero-order valence-corrected chi connectivity index (χ0v) is 13.1. The van der Waals surface area contributed by atoms with Crippen molar-refractivity contribution in [3.05, 3.63) is 59.2 Å². The predicted molar refractivity (Wildman–Crippen MR) is 92.4 cm³/mol. The van der Waals surface area contributed by atoms with Crippen molar-refractivity contribution in [2.45, 2.75) is 19.4 Å². The molecule has 1 heterocycles. The molecule has 0 aromatic heterocycles. The smallest absolute Gasteiger partial charge is 0.258 e. The molecule has 0 aliphatic carbocycles. The molecule has 4 nitrogen and oxygen atoms in total. The van der Waals surface area contributed by atoms with Gasteiger partial charge >= 0.3 is 0 Å². The van der Waals surface area contributed by atoms with E-state index in [0.29, 0.717) is 12.1 Å². The van der Waals surface area contributed by atoms with Crippen molar-refractivity contribution in [2.24, 2.45) is 5.73 Å². The van der Waals surface area contributed by atoms with Gasteiger partial charge in [0.05, 0.1) is 0 Å². The van der Waals surface area contributed by atoms with Gasteiger partial charge in [0, 0.05) is 30.0 Å². The lowest BCUT2D eigenvalue weighted by molar-refractivity contribution is 0.0985. The van der Waals surface area contributed by atoms with Crippen molar-refractivity contribution in [3.63, 3.8) is 0 Å². The Kier molecular flexibility index (Phi) is 5.06. The molecule has 0 atom stereocenters. The molecule has 0 fully saturated rings. The molecule has 2 aromatic carbocycles. The van der Waals surface area contributed by atoms with Gasteiger partial charge in [0.2, 0.25) is 0 Å². The summed E-state index contributed by atoms with van der Waals surface area (Å²) in [6.07, 6.45) is 1.87. The van der Waals surface area contributed by atoms with Gasteiger partial charge in [0.15, 0.2) is 0 Å². The highest BCUT2D eigenvalue weighted by atomic mass is 35.5. The fraction of sp³-hybridized carbons (Fsp3) is 0.235. The highest BCUT2D eigenvalue weighted by molar-refractivity contribution is 6.07. The van der Waals surface area contributed by atoms with Crippen molar-refractivity contribution in [2.75, 3.05) is 17.2 Å². The van der Waals surface area contributed by atoms with Crippen LogP contribution in [0, 0.1) is 0 Å². The number of nitrogen functional groups attached to an aromatic ring is 1. The van der Waals surface area contributed by atoms with E-state index in [4.69, 9.17) is 11.5 Å². The third kappa shape index (κ3) is 2.93. The normalized spacial score (nSPS) is 13.2. The van der Waals surface area contributed by atoms with Crippen molar-refractivity contribution in [1.29, 1.82) is 0 Å². The summed E-state index contributed by atoms with van der Waals surface area (Å²) in [6, 6.07) is 13.2. The van der Waals surface area contributed by atoms with Crippen molar-refractivity contribution >= 4 is 29.7 Å². The largest absolute Gasteiger partial charge is 0.398 e. The average molecular weight is 318 g/mol. The summed E-state index contributed by atoms with van der Waals surface area (Å²) in [6.45, 7) is 1.21. The van der Waals surface area contributed by atoms with Crippen LogP contribution in [-0.2, 0) is 13.0 Å². The van der Waals surface area contributed by atoms with E-state index in [-0.39, 0.29) is 18.3 Å². The summed E-state index contributed by atoms with van der Waals surface area (Å²) >= 11 is 0. The minimum absolute atomic E-state index is 0. The van der Waals surface area contributed by atoms with Gasteiger partial charge < -0.3 is 16.4 Å². The molecule has 0 saturated carbocycles. The highest BCUT2D eigenvalue weighted by Gasteiger charge is 2.24. The molecule has 5 heteroatoms. The molecule has 22 heavy (non-hydrogen) atoms. The molecule has 0 spiro atoms. The van der Waals surface area contributed by atoms with E-state index in [2.05, 4.69) is 0 Å². The number of carbonyl (C=O) groups is 1. The van der Waals surface area contributed by atoms with Crippen LogP contribution in [0.15, 0.2) is 42.5 Å².